The maximum atomic E-state index is 13.3. The maximum absolute atomic E-state index is 13.3. The summed E-state index contributed by atoms with van der Waals surface area (Å²) < 4.78 is 7.05. The van der Waals surface area contributed by atoms with Crippen molar-refractivity contribution >= 4 is 39.4 Å². The minimum absolute atomic E-state index is 0.0553. The molecule has 0 amide bonds. The molecule has 2 unspecified atom stereocenters. The summed E-state index contributed by atoms with van der Waals surface area (Å²) >= 11 is 6.43. The van der Waals surface area contributed by atoms with Crippen LogP contribution in [0.2, 0.25) is 5.02 Å². The number of carboxylic acids is 1. The average molecular weight is 375 g/mol. The third-order valence-electron chi connectivity index (χ3n) is 5.37. The van der Waals surface area contributed by atoms with Crippen molar-refractivity contribution in [1.82, 2.24) is 9.72 Å². The summed E-state index contributed by atoms with van der Waals surface area (Å²) in [7, 11) is 0. The number of halogens is 1. The van der Waals surface area contributed by atoms with Gasteiger partial charge in [0.05, 0.1) is 10.5 Å². The summed E-state index contributed by atoms with van der Waals surface area (Å²) in [6, 6.07) is 5.40. The molecular weight excluding hydrogens is 356 g/mol. The third-order valence-corrected chi connectivity index (χ3v) is 5.68. The van der Waals surface area contributed by atoms with Crippen LogP contribution >= 0.6 is 11.6 Å². The summed E-state index contributed by atoms with van der Waals surface area (Å²) in [5, 5.41) is 14.9. The van der Waals surface area contributed by atoms with Crippen molar-refractivity contribution < 1.29 is 14.4 Å². The fourth-order valence-electron chi connectivity index (χ4n) is 4.26. The van der Waals surface area contributed by atoms with Gasteiger partial charge in [0.2, 0.25) is 0 Å². The van der Waals surface area contributed by atoms with Gasteiger partial charge in [0.1, 0.15) is 16.7 Å². The standard InChI is InChI=1S/C19H19ClN2O4/c1-10-16-18(21-26-10)17-13(20)6-3-7-14(17)22(19(16)25)12-5-2-4-11(8-12)9-15(23)24/h3,6-7,11-12H,2,4-5,8-9H2,1H3,(H,23,24). The Morgan fingerprint density at radius 3 is 2.96 bits per heavy atom. The highest BCUT2D eigenvalue weighted by Crippen LogP contribution is 2.37. The van der Waals surface area contributed by atoms with Crippen LogP contribution in [-0.4, -0.2) is 20.8 Å². The number of carbonyl (C=O) groups is 1. The van der Waals surface area contributed by atoms with Crippen molar-refractivity contribution in [3.05, 3.63) is 39.3 Å². The maximum Gasteiger partial charge on any atom is 0.303 e. The SMILES string of the molecule is Cc1onc2c1c(=O)n(C1CCCC(CC(=O)O)C1)c1cccc(Cl)c21. The van der Waals surface area contributed by atoms with Gasteiger partial charge in [0, 0.05) is 17.8 Å². The van der Waals surface area contributed by atoms with E-state index in [0.29, 0.717) is 33.5 Å². The Labute approximate surface area is 154 Å². The lowest BCUT2D eigenvalue weighted by molar-refractivity contribution is -0.138. The van der Waals surface area contributed by atoms with Crippen molar-refractivity contribution in [3.8, 4) is 0 Å². The molecule has 6 nitrogen and oxygen atoms in total. The summed E-state index contributed by atoms with van der Waals surface area (Å²) in [6.07, 6.45) is 3.43. The molecule has 3 aromatic rings. The van der Waals surface area contributed by atoms with Crippen LogP contribution in [0.4, 0.5) is 0 Å². The Kier molecular flexibility index (Phi) is 4.23. The Bertz CT molecular complexity index is 1070. The predicted octanol–water partition coefficient (Wildman–Crippen LogP) is 4.31. The Morgan fingerprint density at radius 1 is 1.38 bits per heavy atom. The Balaban J connectivity index is 1.95. The topological polar surface area (TPSA) is 85.3 Å². The number of aryl methyl sites for hydroxylation is 1. The molecule has 1 aliphatic carbocycles. The van der Waals surface area contributed by atoms with Crippen molar-refractivity contribution in [1.29, 1.82) is 0 Å². The molecule has 0 radical (unpaired) electrons. The third kappa shape index (κ3) is 2.69. The van der Waals surface area contributed by atoms with Crippen LogP contribution in [0.15, 0.2) is 27.5 Å². The van der Waals surface area contributed by atoms with E-state index in [0.717, 1.165) is 24.8 Å². The van der Waals surface area contributed by atoms with E-state index in [2.05, 4.69) is 5.16 Å². The smallest absolute Gasteiger partial charge is 0.303 e. The summed E-state index contributed by atoms with van der Waals surface area (Å²) in [5.41, 5.74) is 1.07. The zero-order chi connectivity index (χ0) is 18.4. The van der Waals surface area contributed by atoms with Crippen LogP contribution in [0.25, 0.3) is 21.8 Å². The number of aliphatic carboxylic acids is 1. The first kappa shape index (κ1) is 17.1. The fraction of sp³-hybridized carbons (Fsp3) is 0.421. The highest BCUT2D eigenvalue weighted by molar-refractivity contribution is 6.37. The number of nitrogens with zero attached hydrogens (tertiary/aromatic N) is 2. The number of aromatic nitrogens is 2. The van der Waals surface area contributed by atoms with E-state index in [1.54, 1.807) is 17.6 Å². The van der Waals surface area contributed by atoms with E-state index in [-0.39, 0.29) is 23.9 Å². The van der Waals surface area contributed by atoms with E-state index in [9.17, 15) is 9.59 Å². The summed E-state index contributed by atoms with van der Waals surface area (Å²) in [6.45, 7) is 1.72. The lowest BCUT2D eigenvalue weighted by Gasteiger charge is -2.30. The van der Waals surface area contributed by atoms with Gasteiger partial charge in [-0.3, -0.25) is 9.59 Å². The highest BCUT2D eigenvalue weighted by Gasteiger charge is 2.28. The van der Waals surface area contributed by atoms with E-state index in [1.165, 1.54) is 0 Å². The molecule has 1 N–H and O–H groups in total. The van der Waals surface area contributed by atoms with E-state index in [1.807, 2.05) is 12.1 Å². The number of benzene rings is 1. The number of rotatable bonds is 3. The van der Waals surface area contributed by atoms with Gasteiger partial charge in [0.25, 0.3) is 5.56 Å². The molecule has 4 rings (SSSR count). The number of pyridine rings is 1. The summed E-state index contributed by atoms with van der Waals surface area (Å²) in [4.78, 5) is 24.4. The lowest BCUT2D eigenvalue weighted by atomic mass is 9.83. The average Bonchev–Trinajstić information content (AvgIpc) is 2.97. The van der Waals surface area contributed by atoms with Gasteiger partial charge in [-0.05, 0) is 44.2 Å². The number of hydrogen-bond acceptors (Lipinski definition) is 4. The van der Waals surface area contributed by atoms with Crippen LogP contribution in [0.3, 0.4) is 0 Å². The highest BCUT2D eigenvalue weighted by atomic mass is 35.5. The fourth-order valence-corrected chi connectivity index (χ4v) is 4.52. The van der Waals surface area contributed by atoms with Crippen molar-refractivity contribution in [2.24, 2.45) is 5.92 Å². The molecule has 0 aliphatic heterocycles. The molecule has 1 fully saturated rings. The number of carboxylic acid groups (broad SMARTS) is 1. The van der Waals surface area contributed by atoms with Gasteiger partial charge < -0.3 is 14.2 Å². The molecule has 2 aromatic heterocycles. The first-order chi connectivity index (χ1) is 12.5. The van der Waals surface area contributed by atoms with Gasteiger partial charge in [-0.2, -0.15) is 0 Å². The molecule has 1 saturated carbocycles. The second-order valence-corrected chi connectivity index (χ2v) is 7.46. The molecule has 2 atom stereocenters. The summed E-state index contributed by atoms with van der Waals surface area (Å²) in [5.74, 6) is -0.244. The van der Waals surface area contributed by atoms with Gasteiger partial charge in [-0.25, -0.2) is 0 Å². The predicted molar refractivity (Wildman–Crippen MR) is 98.8 cm³/mol. The molecule has 7 heteroatoms. The van der Waals surface area contributed by atoms with Gasteiger partial charge in [-0.1, -0.05) is 29.2 Å². The molecule has 0 bridgehead atoms. The second-order valence-electron chi connectivity index (χ2n) is 7.06. The van der Waals surface area contributed by atoms with Crippen molar-refractivity contribution in [2.45, 2.75) is 45.1 Å². The normalized spacial score (nSPS) is 20.7. The second kappa shape index (κ2) is 6.43. The van der Waals surface area contributed by atoms with Crippen LogP contribution in [0.1, 0.15) is 43.9 Å². The van der Waals surface area contributed by atoms with Crippen LogP contribution < -0.4 is 5.56 Å². The molecule has 0 saturated heterocycles. The number of hydrogen-bond donors (Lipinski definition) is 1. The lowest BCUT2D eigenvalue weighted by Crippen LogP contribution is -2.30. The van der Waals surface area contributed by atoms with Crippen LogP contribution in [-0.2, 0) is 4.79 Å². The van der Waals surface area contributed by atoms with Crippen LogP contribution in [0.5, 0.6) is 0 Å². The minimum Gasteiger partial charge on any atom is -0.481 e. The van der Waals surface area contributed by atoms with Crippen molar-refractivity contribution in [3.63, 3.8) is 0 Å². The molecule has 1 aromatic carbocycles. The Morgan fingerprint density at radius 2 is 2.19 bits per heavy atom. The number of fused-ring (bicyclic) bond motifs is 3. The van der Waals surface area contributed by atoms with Crippen molar-refractivity contribution in [2.75, 3.05) is 0 Å². The first-order valence-electron chi connectivity index (χ1n) is 8.78. The largest absolute Gasteiger partial charge is 0.481 e. The molecule has 1 aliphatic rings. The monoisotopic (exact) mass is 374 g/mol. The molecular formula is C19H19ClN2O4. The van der Waals surface area contributed by atoms with Gasteiger partial charge in [0.15, 0.2) is 0 Å². The molecule has 26 heavy (non-hydrogen) atoms. The zero-order valence-electron chi connectivity index (χ0n) is 14.4. The van der Waals surface area contributed by atoms with E-state index >= 15 is 0 Å². The minimum atomic E-state index is -0.791. The first-order valence-corrected chi connectivity index (χ1v) is 9.15. The molecule has 0 spiro atoms. The van der Waals surface area contributed by atoms with E-state index < -0.39 is 5.97 Å². The van der Waals surface area contributed by atoms with E-state index in [4.69, 9.17) is 21.2 Å². The van der Waals surface area contributed by atoms with Crippen LogP contribution in [0, 0.1) is 12.8 Å². The zero-order valence-corrected chi connectivity index (χ0v) is 15.1. The molecule has 136 valence electrons. The quantitative estimate of drug-likeness (QED) is 0.738. The Hall–Kier alpha value is -2.34. The van der Waals surface area contributed by atoms with Gasteiger partial charge >= 0.3 is 5.97 Å². The van der Waals surface area contributed by atoms with Gasteiger partial charge in [-0.15, -0.1) is 0 Å². The molecule has 2 heterocycles.